The Bertz CT molecular complexity index is 988. The number of hydrogen-bond donors (Lipinski definition) is 2. The van der Waals surface area contributed by atoms with E-state index in [4.69, 9.17) is 4.74 Å². The standard InChI is InChI=1S/C18H15F3N4O2/c19-18(20,21)10-1-2-13(15(26)7-10)16-12-3-5-22-8-14(12)17(25-24-16)23-11-4-6-27-9-11/h1-3,5,7-8,11,26H,4,6,9H2,(H,23,25)/t11-/m1/s1. The number of rotatable bonds is 3. The van der Waals surface area contributed by atoms with Crippen molar-refractivity contribution in [1.82, 2.24) is 15.2 Å². The van der Waals surface area contributed by atoms with E-state index in [1.807, 2.05) is 0 Å². The lowest BCUT2D eigenvalue weighted by Gasteiger charge is -2.15. The zero-order valence-electron chi connectivity index (χ0n) is 14.0. The minimum absolute atomic E-state index is 0.105. The van der Waals surface area contributed by atoms with Gasteiger partial charge in [-0.25, -0.2) is 0 Å². The molecule has 0 saturated carbocycles. The number of aromatic nitrogens is 3. The van der Waals surface area contributed by atoms with Gasteiger partial charge in [-0.1, -0.05) is 0 Å². The second-order valence-electron chi connectivity index (χ2n) is 6.25. The number of nitrogens with zero attached hydrogens (tertiary/aromatic N) is 3. The van der Waals surface area contributed by atoms with Gasteiger partial charge in [-0.3, -0.25) is 4.98 Å². The van der Waals surface area contributed by atoms with Gasteiger partial charge in [0, 0.05) is 35.3 Å². The van der Waals surface area contributed by atoms with Crippen molar-refractivity contribution < 1.29 is 23.0 Å². The summed E-state index contributed by atoms with van der Waals surface area (Å²) in [5, 5.41) is 23.0. The second kappa shape index (κ2) is 6.66. The van der Waals surface area contributed by atoms with Crippen LogP contribution in [-0.4, -0.2) is 39.5 Å². The topological polar surface area (TPSA) is 80.2 Å². The van der Waals surface area contributed by atoms with Crippen LogP contribution in [0.1, 0.15) is 12.0 Å². The van der Waals surface area contributed by atoms with Gasteiger partial charge >= 0.3 is 6.18 Å². The number of halogens is 3. The third kappa shape index (κ3) is 3.37. The molecule has 1 fully saturated rings. The van der Waals surface area contributed by atoms with E-state index in [9.17, 15) is 18.3 Å². The number of ether oxygens (including phenoxy) is 1. The number of fused-ring (bicyclic) bond motifs is 1. The Morgan fingerprint density at radius 1 is 1.15 bits per heavy atom. The highest BCUT2D eigenvalue weighted by molar-refractivity contribution is 6.00. The van der Waals surface area contributed by atoms with Gasteiger partial charge in [0.25, 0.3) is 0 Å². The van der Waals surface area contributed by atoms with E-state index >= 15 is 0 Å². The third-order valence-electron chi connectivity index (χ3n) is 4.43. The smallest absolute Gasteiger partial charge is 0.416 e. The number of aromatic hydroxyl groups is 1. The van der Waals surface area contributed by atoms with Gasteiger partial charge in [-0.05, 0) is 30.7 Å². The van der Waals surface area contributed by atoms with Crippen LogP contribution in [0.25, 0.3) is 22.0 Å². The van der Waals surface area contributed by atoms with Crippen molar-refractivity contribution in [3.05, 3.63) is 42.2 Å². The summed E-state index contributed by atoms with van der Waals surface area (Å²) in [5.74, 6) is 0.00545. The van der Waals surface area contributed by atoms with Gasteiger partial charge in [0.15, 0.2) is 5.82 Å². The van der Waals surface area contributed by atoms with Crippen LogP contribution in [0.4, 0.5) is 19.0 Å². The molecule has 0 unspecified atom stereocenters. The summed E-state index contributed by atoms with van der Waals surface area (Å²) in [6.45, 7) is 1.23. The average molecular weight is 376 g/mol. The number of benzene rings is 1. The van der Waals surface area contributed by atoms with Crippen molar-refractivity contribution in [2.75, 3.05) is 18.5 Å². The Balaban J connectivity index is 1.79. The number of phenols is 1. The Morgan fingerprint density at radius 3 is 2.70 bits per heavy atom. The fourth-order valence-electron chi connectivity index (χ4n) is 3.05. The highest BCUT2D eigenvalue weighted by Gasteiger charge is 2.31. The highest BCUT2D eigenvalue weighted by atomic mass is 19.4. The van der Waals surface area contributed by atoms with Crippen LogP contribution >= 0.6 is 0 Å². The molecule has 27 heavy (non-hydrogen) atoms. The number of anilines is 1. The Kier molecular flexibility index (Phi) is 4.31. The van der Waals surface area contributed by atoms with E-state index < -0.39 is 17.5 Å². The molecule has 1 saturated heterocycles. The van der Waals surface area contributed by atoms with Crippen molar-refractivity contribution in [2.45, 2.75) is 18.6 Å². The van der Waals surface area contributed by atoms with E-state index in [2.05, 4.69) is 20.5 Å². The van der Waals surface area contributed by atoms with Gasteiger partial charge < -0.3 is 15.2 Å². The maximum atomic E-state index is 12.8. The van der Waals surface area contributed by atoms with E-state index in [1.54, 1.807) is 18.5 Å². The lowest BCUT2D eigenvalue weighted by Crippen LogP contribution is -2.20. The zero-order valence-corrected chi connectivity index (χ0v) is 14.0. The first-order chi connectivity index (χ1) is 12.9. The molecular weight excluding hydrogens is 361 g/mol. The first-order valence-electron chi connectivity index (χ1n) is 8.29. The Hall–Kier alpha value is -2.94. The molecule has 1 aliphatic rings. The summed E-state index contributed by atoms with van der Waals surface area (Å²) >= 11 is 0. The van der Waals surface area contributed by atoms with Crippen LogP contribution < -0.4 is 5.32 Å². The predicted molar refractivity (Wildman–Crippen MR) is 92.3 cm³/mol. The van der Waals surface area contributed by atoms with Crippen LogP contribution in [0.15, 0.2) is 36.7 Å². The zero-order chi connectivity index (χ0) is 19.0. The molecule has 2 aromatic heterocycles. The molecule has 0 radical (unpaired) electrons. The number of pyridine rings is 1. The fourth-order valence-corrected chi connectivity index (χ4v) is 3.05. The predicted octanol–water partition coefficient (Wildman–Crippen LogP) is 3.62. The monoisotopic (exact) mass is 376 g/mol. The molecule has 3 heterocycles. The van der Waals surface area contributed by atoms with E-state index in [1.165, 1.54) is 6.07 Å². The average Bonchev–Trinajstić information content (AvgIpc) is 3.15. The molecule has 0 aliphatic carbocycles. The molecule has 0 spiro atoms. The molecule has 140 valence electrons. The van der Waals surface area contributed by atoms with Crippen molar-refractivity contribution >= 4 is 16.6 Å². The van der Waals surface area contributed by atoms with Crippen molar-refractivity contribution in [3.8, 4) is 17.0 Å². The molecule has 1 aliphatic heterocycles. The highest BCUT2D eigenvalue weighted by Crippen LogP contribution is 2.38. The van der Waals surface area contributed by atoms with Crippen LogP contribution in [-0.2, 0) is 10.9 Å². The number of alkyl halides is 3. The molecule has 3 aromatic rings. The van der Waals surface area contributed by atoms with E-state index in [0.29, 0.717) is 35.9 Å². The summed E-state index contributed by atoms with van der Waals surface area (Å²) < 4.78 is 43.8. The summed E-state index contributed by atoms with van der Waals surface area (Å²) in [6.07, 6.45) is -0.542. The number of nitrogens with one attached hydrogen (secondary N) is 1. The molecule has 4 rings (SSSR count). The van der Waals surface area contributed by atoms with Crippen molar-refractivity contribution in [3.63, 3.8) is 0 Å². The van der Waals surface area contributed by atoms with Crippen LogP contribution in [0.5, 0.6) is 5.75 Å². The van der Waals surface area contributed by atoms with Crippen molar-refractivity contribution in [1.29, 1.82) is 0 Å². The molecule has 9 heteroatoms. The number of phenolic OH excluding ortho intramolecular Hbond substituents is 1. The lowest BCUT2D eigenvalue weighted by atomic mass is 10.0. The van der Waals surface area contributed by atoms with Crippen molar-refractivity contribution in [2.24, 2.45) is 0 Å². The molecule has 1 aromatic carbocycles. The summed E-state index contributed by atoms with van der Waals surface area (Å²) in [7, 11) is 0. The van der Waals surface area contributed by atoms with Crippen LogP contribution in [0.3, 0.4) is 0 Å². The molecular formula is C18H15F3N4O2. The minimum atomic E-state index is -4.54. The van der Waals surface area contributed by atoms with Gasteiger partial charge in [-0.2, -0.15) is 13.2 Å². The fraction of sp³-hybridized carbons (Fsp3) is 0.278. The van der Waals surface area contributed by atoms with Crippen LogP contribution in [0.2, 0.25) is 0 Å². The quantitative estimate of drug-likeness (QED) is 0.727. The molecule has 0 bridgehead atoms. The van der Waals surface area contributed by atoms with Gasteiger partial charge in [0.1, 0.15) is 11.4 Å². The van der Waals surface area contributed by atoms with E-state index in [-0.39, 0.29) is 17.3 Å². The minimum Gasteiger partial charge on any atom is -0.507 e. The molecule has 2 N–H and O–H groups in total. The molecule has 6 nitrogen and oxygen atoms in total. The normalized spacial score (nSPS) is 17.4. The van der Waals surface area contributed by atoms with Gasteiger partial charge in [0.2, 0.25) is 0 Å². The van der Waals surface area contributed by atoms with Gasteiger partial charge in [0.05, 0.1) is 18.2 Å². The molecule has 1 atom stereocenters. The first-order valence-corrected chi connectivity index (χ1v) is 8.29. The number of hydrogen-bond acceptors (Lipinski definition) is 6. The summed E-state index contributed by atoms with van der Waals surface area (Å²) in [6, 6.07) is 4.58. The van der Waals surface area contributed by atoms with Gasteiger partial charge in [-0.15, -0.1) is 10.2 Å². The lowest BCUT2D eigenvalue weighted by molar-refractivity contribution is -0.137. The SMILES string of the molecule is Oc1cc(C(F)(F)F)ccc1-c1nnc(N[C@@H]2CCOC2)c2cnccc12. The van der Waals surface area contributed by atoms with Crippen LogP contribution in [0, 0.1) is 0 Å². The first kappa shape index (κ1) is 17.5. The van der Waals surface area contributed by atoms with E-state index in [0.717, 1.165) is 12.5 Å². The Labute approximate surface area is 152 Å². The molecule has 0 amide bonds. The Morgan fingerprint density at radius 2 is 2.00 bits per heavy atom. The largest absolute Gasteiger partial charge is 0.507 e. The maximum absolute atomic E-state index is 12.8. The maximum Gasteiger partial charge on any atom is 0.416 e. The summed E-state index contributed by atoms with van der Waals surface area (Å²) in [5.41, 5.74) is -0.475. The second-order valence-corrected chi connectivity index (χ2v) is 6.25. The summed E-state index contributed by atoms with van der Waals surface area (Å²) in [4.78, 5) is 4.10. The third-order valence-corrected chi connectivity index (χ3v) is 4.43.